The summed E-state index contributed by atoms with van der Waals surface area (Å²) in [6.45, 7) is 4.27. The Hall–Kier alpha value is -1.95. The number of nitrogens with zero attached hydrogens (tertiary/aromatic N) is 5. The summed E-state index contributed by atoms with van der Waals surface area (Å²) in [5, 5.41) is 0. The van der Waals surface area contributed by atoms with Gasteiger partial charge in [0, 0.05) is 49.5 Å². The first-order valence-electron chi connectivity index (χ1n) is 8.10. The molecule has 0 saturated carbocycles. The Kier molecular flexibility index (Phi) is 3.54. The lowest BCUT2D eigenvalue weighted by Crippen LogP contribution is -2.52. The highest BCUT2D eigenvalue weighted by atomic mass is 15.3. The van der Waals surface area contributed by atoms with Gasteiger partial charge in [-0.05, 0) is 38.3 Å². The Morgan fingerprint density at radius 1 is 1.09 bits per heavy atom. The monoisotopic (exact) mass is 298 g/mol. The lowest BCUT2D eigenvalue weighted by molar-refractivity contribution is 0.0983. The fraction of sp³-hybridized carbons (Fsp3) is 0.562. The number of rotatable bonds is 3. The van der Waals surface area contributed by atoms with Gasteiger partial charge >= 0.3 is 0 Å². The molecule has 2 aliphatic heterocycles. The molecule has 1 N–H and O–H groups in total. The van der Waals surface area contributed by atoms with Gasteiger partial charge in [-0.25, -0.2) is 15.0 Å². The first-order valence-corrected chi connectivity index (χ1v) is 8.10. The molecule has 116 valence electrons. The molecule has 2 aromatic heterocycles. The number of anilines is 1. The smallest absolute Gasteiger partial charge is 0.225 e. The van der Waals surface area contributed by atoms with E-state index in [4.69, 9.17) is 0 Å². The fourth-order valence-electron chi connectivity index (χ4n) is 3.96. The van der Waals surface area contributed by atoms with Crippen molar-refractivity contribution in [3.8, 4) is 0 Å². The maximum absolute atomic E-state index is 4.39. The predicted octanol–water partition coefficient (Wildman–Crippen LogP) is 1.83. The maximum Gasteiger partial charge on any atom is 0.225 e. The highest BCUT2D eigenvalue weighted by Gasteiger charge is 2.43. The molecule has 2 aromatic rings. The number of aromatic nitrogens is 4. The van der Waals surface area contributed by atoms with Gasteiger partial charge < -0.3 is 9.88 Å². The van der Waals surface area contributed by atoms with Crippen LogP contribution in [0.15, 0.2) is 31.0 Å². The van der Waals surface area contributed by atoms with E-state index in [1.807, 2.05) is 24.7 Å². The van der Waals surface area contributed by atoms with Crippen LogP contribution >= 0.6 is 0 Å². The lowest BCUT2D eigenvalue weighted by atomic mass is 9.85. The van der Waals surface area contributed by atoms with Crippen LogP contribution in [0.2, 0.25) is 0 Å². The molecule has 0 amide bonds. The Morgan fingerprint density at radius 3 is 2.64 bits per heavy atom. The first kappa shape index (κ1) is 13.7. The first-order chi connectivity index (χ1) is 10.9. The number of imidazole rings is 1. The third kappa shape index (κ3) is 2.47. The molecular weight excluding hydrogens is 276 g/mol. The van der Waals surface area contributed by atoms with Crippen molar-refractivity contribution in [1.29, 1.82) is 0 Å². The molecule has 6 heteroatoms. The molecule has 22 heavy (non-hydrogen) atoms. The zero-order valence-corrected chi connectivity index (χ0v) is 12.8. The highest BCUT2D eigenvalue weighted by Crippen LogP contribution is 2.39. The second kappa shape index (κ2) is 5.68. The molecule has 2 aliphatic rings. The van der Waals surface area contributed by atoms with E-state index in [9.17, 15) is 0 Å². The molecular formula is C16H22N6. The number of H-pyrrole nitrogens is 1. The zero-order valence-electron chi connectivity index (χ0n) is 12.8. The summed E-state index contributed by atoms with van der Waals surface area (Å²) in [5.74, 6) is 0.871. The molecule has 0 radical (unpaired) electrons. The number of aromatic amines is 1. The SMILES string of the molecule is c1cnc(N2CCC3(CCCN3Cc3cnc[nH]3)CC2)nc1. The Morgan fingerprint density at radius 2 is 1.91 bits per heavy atom. The van der Waals surface area contributed by atoms with Gasteiger partial charge in [-0.2, -0.15) is 0 Å². The third-order valence-electron chi connectivity index (χ3n) is 5.19. The Balaban J connectivity index is 1.44. The standard InChI is InChI=1S/C16H22N6/c1-3-16(22(8-1)12-14-11-17-13-20-14)4-9-21(10-5-16)15-18-6-2-7-19-15/h2,6-7,11,13H,1,3-5,8-10,12H2,(H,17,20). The lowest BCUT2D eigenvalue weighted by Gasteiger charge is -2.45. The van der Waals surface area contributed by atoms with Crippen molar-refractivity contribution in [2.45, 2.75) is 37.8 Å². The van der Waals surface area contributed by atoms with Crippen molar-refractivity contribution in [1.82, 2.24) is 24.8 Å². The normalized spacial score (nSPS) is 21.5. The van der Waals surface area contributed by atoms with E-state index < -0.39 is 0 Å². The molecule has 2 fully saturated rings. The van der Waals surface area contributed by atoms with Gasteiger partial charge in [-0.15, -0.1) is 0 Å². The fourth-order valence-corrected chi connectivity index (χ4v) is 3.96. The topological polar surface area (TPSA) is 60.9 Å². The quantitative estimate of drug-likeness (QED) is 0.937. The summed E-state index contributed by atoms with van der Waals surface area (Å²) in [7, 11) is 0. The van der Waals surface area contributed by atoms with Crippen molar-refractivity contribution in [2.24, 2.45) is 0 Å². The van der Waals surface area contributed by atoms with E-state index in [-0.39, 0.29) is 0 Å². The molecule has 0 aliphatic carbocycles. The molecule has 1 spiro atoms. The van der Waals surface area contributed by atoms with Crippen molar-refractivity contribution in [2.75, 3.05) is 24.5 Å². The summed E-state index contributed by atoms with van der Waals surface area (Å²) in [6.07, 6.45) is 12.4. The number of nitrogens with one attached hydrogen (secondary N) is 1. The molecule has 2 saturated heterocycles. The predicted molar refractivity (Wildman–Crippen MR) is 84.4 cm³/mol. The van der Waals surface area contributed by atoms with E-state index in [1.165, 1.54) is 37.9 Å². The van der Waals surface area contributed by atoms with Crippen LogP contribution in [0.5, 0.6) is 0 Å². The van der Waals surface area contributed by atoms with Crippen LogP contribution in [-0.2, 0) is 6.54 Å². The number of hydrogen-bond donors (Lipinski definition) is 1. The number of piperidine rings is 1. The second-order valence-corrected chi connectivity index (χ2v) is 6.36. The summed E-state index contributed by atoms with van der Waals surface area (Å²) in [5.41, 5.74) is 1.58. The van der Waals surface area contributed by atoms with Gasteiger partial charge in [0.2, 0.25) is 5.95 Å². The van der Waals surface area contributed by atoms with E-state index >= 15 is 0 Å². The van der Waals surface area contributed by atoms with Gasteiger partial charge in [-0.3, -0.25) is 4.90 Å². The summed E-state index contributed by atoms with van der Waals surface area (Å²) >= 11 is 0. The van der Waals surface area contributed by atoms with E-state index in [0.717, 1.165) is 25.6 Å². The molecule has 0 unspecified atom stereocenters. The van der Waals surface area contributed by atoms with Crippen LogP contribution in [0.3, 0.4) is 0 Å². The minimum atomic E-state index is 0.358. The van der Waals surface area contributed by atoms with Gasteiger partial charge in [0.15, 0.2) is 0 Å². The van der Waals surface area contributed by atoms with Crippen molar-refractivity contribution < 1.29 is 0 Å². The number of hydrogen-bond acceptors (Lipinski definition) is 5. The van der Waals surface area contributed by atoms with Crippen LogP contribution in [0.1, 0.15) is 31.4 Å². The average Bonchev–Trinajstić information content (AvgIpc) is 3.21. The third-order valence-corrected chi connectivity index (χ3v) is 5.19. The van der Waals surface area contributed by atoms with Crippen LogP contribution in [-0.4, -0.2) is 50.0 Å². The Bertz CT molecular complexity index is 588. The highest BCUT2D eigenvalue weighted by molar-refractivity contribution is 5.30. The molecule has 0 aromatic carbocycles. The van der Waals surface area contributed by atoms with E-state index in [2.05, 4.69) is 29.7 Å². The van der Waals surface area contributed by atoms with E-state index in [1.54, 1.807) is 6.33 Å². The van der Waals surface area contributed by atoms with Crippen LogP contribution in [0, 0.1) is 0 Å². The van der Waals surface area contributed by atoms with Gasteiger partial charge in [0.05, 0.1) is 6.33 Å². The Labute approximate surface area is 130 Å². The second-order valence-electron chi connectivity index (χ2n) is 6.36. The summed E-state index contributed by atoms with van der Waals surface area (Å²) in [4.78, 5) is 21.1. The summed E-state index contributed by atoms with van der Waals surface area (Å²) < 4.78 is 0. The minimum Gasteiger partial charge on any atom is -0.347 e. The molecule has 4 rings (SSSR count). The van der Waals surface area contributed by atoms with Crippen molar-refractivity contribution in [3.63, 3.8) is 0 Å². The zero-order chi connectivity index (χ0) is 14.8. The largest absolute Gasteiger partial charge is 0.347 e. The summed E-state index contributed by atoms with van der Waals surface area (Å²) in [6, 6.07) is 1.87. The van der Waals surface area contributed by atoms with Crippen LogP contribution in [0.4, 0.5) is 5.95 Å². The van der Waals surface area contributed by atoms with Gasteiger partial charge in [0.1, 0.15) is 0 Å². The van der Waals surface area contributed by atoms with Gasteiger partial charge in [0.25, 0.3) is 0 Å². The van der Waals surface area contributed by atoms with E-state index in [0.29, 0.717) is 5.54 Å². The molecule has 0 atom stereocenters. The van der Waals surface area contributed by atoms with Crippen molar-refractivity contribution >= 4 is 5.95 Å². The van der Waals surface area contributed by atoms with Gasteiger partial charge in [-0.1, -0.05) is 0 Å². The van der Waals surface area contributed by atoms with Crippen LogP contribution in [0.25, 0.3) is 0 Å². The average molecular weight is 298 g/mol. The van der Waals surface area contributed by atoms with Crippen molar-refractivity contribution in [3.05, 3.63) is 36.7 Å². The van der Waals surface area contributed by atoms with Crippen LogP contribution < -0.4 is 4.90 Å². The maximum atomic E-state index is 4.39. The molecule has 6 nitrogen and oxygen atoms in total. The number of likely N-dealkylation sites (tertiary alicyclic amines) is 1. The minimum absolute atomic E-state index is 0.358. The molecule has 4 heterocycles. The molecule has 0 bridgehead atoms.